The molecule has 0 unspecified atom stereocenters. The van der Waals surface area contributed by atoms with Crippen molar-refractivity contribution >= 4 is 23.2 Å². The van der Waals surface area contributed by atoms with Gasteiger partial charge in [-0.15, -0.1) is 0 Å². The first-order valence-corrected chi connectivity index (χ1v) is 5.33. The van der Waals surface area contributed by atoms with Gasteiger partial charge >= 0.3 is 5.35 Å². The highest BCUT2D eigenvalue weighted by Crippen LogP contribution is 2.40. The first kappa shape index (κ1) is 12.0. The summed E-state index contributed by atoms with van der Waals surface area (Å²) in [7, 11) is 3.02. The molecule has 1 aromatic carbocycles. The van der Waals surface area contributed by atoms with Gasteiger partial charge in [-0.3, -0.25) is 0 Å². The van der Waals surface area contributed by atoms with Crippen LogP contribution in [0, 0.1) is 0 Å². The van der Waals surface area contributed by atoms with E-state index in [1.807, 2.05) is 0 Å². The maximum Gasteiger partial charge on any atom is 0.320 e. The molecule has 0 saturated carbocycles. The van der Waals surface area contributed by atoms with E-state index in [9.17, 15) is 0 Å². The van der Waals surface area contributed by atoms with Gasteiger partial charge in [-0.05, 0) is 23.7 Å². The number of hydrogen-bond acceptors (Lipinski definition) is 5. The minimum atomic E-state index is -0.0501. The Kier molecular flexibility index (Phi) is 3.40. The summed E-state index contributed by atoms with van der Waals surface area (Å²) in [6, 6.07) is 3.40. The van der Waals surface area contributed by atoms with Crippen LogP contribution in [0.25, 0.3) is 11.4 Å². The van der Waals surface area contributed by atoms with Gasteiger partial charge in [0.2, 0.25) is 5.82 Å². The van der Waals surface area contributed by atoms with Crippen LogP contribution in [-0.4, -0.2) is 24.4 Å². The molecule has 2 aromatic rings. The molecule has 0 aliphatic heterocycles. The van der Waals surface area contributed by atoms with E-state index < -0.39 is 0 Å². The quantitative estimate of drug-likeness (QED) is 0.861. The van der Waals surface area contributed by atoms with Crippen molar-refractivity contribution in [1.82, 2.24) is 10.1 Å². The third kappa shape index (κ3) is 2.16. The van der Waals surface area contributed by atoms with E-state index in [1.165, 1.54) is 14.2 Å². The van der Waals surface area contributed by atoms with Crippen molar-refractivity contribution in [3.8, 4) is 22.9 Å². The lowest BCUT2D eigenvalue weighted by Crippen LogP contribution is -1.93. The van der Waals surface area contributed by atoms with Crippen molar-refractivity contribution in [2.24, 2.45) is 0 Å². The predicted molar refractivity (Wildman–Crippen MR) is 62.9 cm³/mol. The van der Waals surface area contributed by atoms with Gasteiger partial charge in [-0.25, -0.2) is 0 Å². The Hall–Kier alpha value is -1.46. The average Bonchev–Trinajstić information content (AvgIpc) is 2.75. The van der Waals surface area contributed by atoms with Crippen molar-refractivity contribution in [1.29, 1.82) is 0 Å². The fraction of sp³-hybridized carbons (Fsp3) is 0.200. The van der Waals surface area contributed by atoms with Crippen LogP contribution in [0.1, 0.15) is 0 Å². The molecule has 0 saturated heterocycles. The topological polar surface area (TPSA) is 57.4 Å². The number of aromatic nitrogens is 2. The highest BCUT2D eigenvalue weighted by Gasteiger charge is 2.17. The third-order valence-corrected chi connectivity index (χ3v) is 2.66. The van der Waals surface area contributed by atoms with E-state index >= 15 is 0 Å². The average molecular weight is 275 g/mol. The molecule has 90 valence electrons. The highest BCUT2D eigenvalue weighted by atomic mass is 35.5. The van der Waals surface area contributed by atoms with Gasteiger partial charge < -0.3 is 14.0 Å². The smallest absolute Gasteiger partial charge is 0.320 e. The van der Waals surface area contributed by atoms with E-state index in [1.54, 1.807) is 12.1 Å². The summed E-state index contributed by atoms with van der Waals surface area (Å²) in [5.74, 6) is 1.23. The summed E-state index contributed by atoms with van der Waals surface area (Å²) in [6.45, 7) is 0. The largest absolute Gasteiger partial charge is 0.493 e. The zero-order valence-electron chi connectivity index (χ0n) is 9.03. The van der Waals surface area contributed by atoms with Crippen LogP contribution in [0.4, 0.5) is 0 Å². The Labute approximate surface area is 107 Å². The number of rotatable bonds is 3. The third-order valence-electron chi connectivity index (χ3n) is 2.13. The summed E-state index contributed by atoms with van der Waals surface area (Å²) in [5, 5.41) is 3.97. The zero-order valence-corrected chi connectivity index (χ0v) is 10.5. The summed E-state index contributed by atoms with van der Waals surface area (Å²) >= 11 is 11.7. The Morgan fingerprint density at radius 3 is 2.47 bits per heavy atom. The Morgan fingerprint density at radius 1 is 1.18 bits per heavy atom. The van der Waals surface area contributed by atoms with Crippen molar-refractivity contribution in [2.75, 3.05) is 14.2 Å². The van der Waals surface area contributed by atoms with Crippen molar-refractivity contribution < 1.29 is 14.0 Å². The van der Waals surface area contributed by atoms with E-state index in [2.05, 4.69) is 14.7 Å². The Balaban J connectivity index is 2.56. The SMILES string of the molecule is COc1ccc(-c2noc(Cl)n2)c(Cl)c1OC. The molecule has 0 spiro atoms. The molecule has 0 atom stereocenters. The molecule has 0 bridgehead atoms. The monoisotopic (exact) mass is 274 g/mol. The molecule has 7 heteroatoms. The lowest BCUT2D eigenvalue weighted by atomic mass is 10.2. The van der Waals surface area contributed by atoms with Gasteiger partial charge in [0.1, 0.15) is 0 Å². The van der Waals surface area contributed by atoms with Crippen LogP contribution in [-0.2, 0) is 0 Å². The highest BCUT2D eigenvalue weighted by molar-refractivity contribution is 6.35. The second-order valence-corrected chi connectivity index (χ2v) is 3.73. The van der Waals surface area contributed by atoms with Crippen LogP contribution < -0.4 is 9.47 Å². The number of methoxy groups -OCH3 is 2. The van der Waals surface area contributed by atoms with Crippen LogP contribution >= 0.6 is 23.2 Å². The van der Waals surface area contributed by atoms with Gasteiger partial charge in [-0.1, -0.05) is 16.8 Å². The van der Waals surface area contributed by atoms with Gasteiger partial charge in [0.15, 0.2) is 11.5 Å². The molecule has 0 N–H and O–H groups in total. The molecule has 0 aliphatic carbocycles. The number of nitrogens with zero attached hydrogens (tertiary/aromatic N) is 2. The molecule has 0 aliphatic rings. The van der Waals surface area contributed by atoms with Crippen LogP contribution in [0.15, 0.2) is 16.7 Å². The molecule has 5 nitrogen and oxygen atoms in total. The first-order chi connectivity index (χ1) is 8.17. The second-order valence-electron chi connectivity index (χ2n) is 3.03. The van der Waals surface area contributed by atoms with Crippen molar-refractivity contribution in [3.63, 3.8) is 0 Å². The number of hydrogen-bond donors (Lipinski definition) is 0. The predicted octanol–water partition coefficient (Wildman–Crippen LogP) is 3.06. The van der Waals surface area contributed by atoms with E-state index in [0.29, 0.717) is 27.9 Å². The minimum absolute atomic E-state index is 0.0501. The molecule has 17 heavy (non-hydrogen) atoms. The molecule has 0 fully saturated rings. The first-order valence-electron chi connectivity index (χ1n) is 4.57. The fourth-order valence-corrected chi connectivity index (χ4v) is 1.81. The summed E-state index contributed by atoms with van der Waals surface area (Å²) in [6.07, 6.45) is 0. The van der Waals surface area contributed by atoms with Gasteiger partial charge in [0.25, 0.3) is 0 Å². The van der Waals surface area contributed by atoms with Crippen LogP contribution in [0.3, 0.4) is 0 Å². The standard InChI is InChI=1S/C10H8Cl2N2O3/c1-15-6-4-3-5(7(11)8(6)16-2)9-13-10(12)17-14-9/h3-4H,1-2H3. The van der Waals surface area contributed by atoms with E-state index in [0.717, 1.165) is 0 Å². The molecular weight excluding hydrogens is 267 g/mol. The summed E-state index contributed by atoms with van der Waals surface area (Å²) in [5.41, 5.74) is 0.556. The minimum Gasteiger partial charge on any atom is -0.493 e. The summed E-state index contributed by atoms with van der Waals surface area (Å²) < 4.78 is 15.0. The molecule has 2 rings (SSSR count). The lowest BCUT2D eigenvalue weighted by molar-refractivity contribution is 0.355. The fourth-order valence-electron chi connectivity index (χ4n) is 1.38. The zero-order chi connectivity index (χ0) is 12.4. The maximum absolute atomic E-state index is 6.17. The molecule has 1 heterocycles. The molecular formula is C10H8Cl2N2O3. The Morgan fingerprint density at radius 2 is 1.94 bits per heavy atom. The van der Waals surface area contributed by atoms with Crippen LogP contribution in [0.5, 0.6) is 11.5 Å². The number of benzene rings is 1. The molecule has 0 amide bonds. The maximum atomic E-state index is 6.17. The molecule has 1 aromatic heterocycles. The summed E-state index contributed by atoms with van der Waals surface area (Å²) in [4.78, 5) is 3.88. The van der Waals surface area contributed by atoms with E-state index in [-0.39, 0.29) is 5.35 Å². The number of ether oxygens (including phenoxy) is 2. The number of halogens is 2. The van der Waals surface area contributed by atoms with Gasteiger partial charge in [-0.2, -0.15) is 4.98 Å². The van der Waals surface area contributed by atoms with Crippen molar-refractivity contribution in [3.05, 3.63) is 22.5 Å². The second kappa shape index (κ2) is 4.81. The Bertz CT molecular complexity index is 542. The molecule has 0 radical (unpaired) electrons. The van der Waals surface area contributed by atoms with Crippen LogP contribution in [0.2, 0.25) is 10.4 Å². The van der Waals surface area contributed by atoms with E-state index in [4.69, 9.17) is 32.7 Å². The lowest BCUT2D eigenvalue weighted by Gasteiger charge is -2.10. The van der Waals surface area contributed by atoms with Gasteiger partial charge in [0, 0.05) is 5.56 Å². The normalized spacial score (nSPS) is 10.4. The van der Waals surface area contributed by atoms with Gasteiger partial charge in [0.05, 0.1) is 19.2 Å². The van der Waals surface area contributed by atoms with Crippen molar-refractivity contribution in [2.45, 2.75) is 0 Å².